The highest BCUT2D eigenvalue weighted by atomic mass is 16.5. The SMILES string of the molecule is Cc1ccc(C2CC(C(=O)N3CCC4(CC3)CC3(CO4)NC(=O)c4ccccc4N3)NN2)o1. The van der Waals surface area contributed by atoms with Crippen LogP contribution in [-0.4, -0.2) is 53.7 Å². The molecule has 3 unspecified atom stereocenters. The normalized spacial score (nSPS) is 30.3. The Kier molecular flexibility index (Phi) is 4.76. The maximum atomic E-state index is 13.1. The Hall–Kier alpha value is -2.88. The molecule has 33 heavy (non-hydrogen) atoms. The third-order valence-corrected chi connectivity index (χ3v) is 7.44. The Labute approximate surface area is 192 Å². The molecule has 1 aromatic heterocycles. The second-order valence-corrected chi connectivity index (χ2v) is 9.76. The number of rotatable bonds is 2. The second-order valence-electron chi connectivity index (χ2n) is 9.76. The summed E-state index contributed by atoms with van der Waals surface area (Å²) in [5.74, 6) is 1.75. The number of para-hydroxylation sites is 1. The van der Waals surface area contributed by atoms with E-state index < -0.39 is 5.66 Å². The van der Waals surface area contributed by atoms with E-state index in [1.807, 2.05) is 48.2 Å². The molecule has 4 aliphatic heterocycles. The van der Waals surface area contributed by atoms with Crippen LogP contribution in [0.5, 0.6) is 0 Å². The molecule has 2 spiro atoms. The van der Waals surface area contributed by atoms with E-state index in [-0.39, 0.29) is 29.5 Å². The van der Waals surface area contributed by atoms with E-state index in [1.54, 1.807) is 0 Å². The van der Waals surface area contributed by atoms with E-state index in [1.165, 1.54) is 0 Å². The van der Waals surface area contributed by atoms with Gasteiger partial charge in [-0.05, 0) is 50.5 Å². The highest BCUT2D eigenvalue weighted by Crippen LogP contribution is 2.43. The third kappa shape index (κ3) is 3.60. The Bertz CT molecular complexity index is 1090. The average Bonchev–Trinajstić information content (AvgIpc) is 3.54. The van der Waals surface area contributed by atoms with Gasteiger partial charge in [0.15, 0.2) is 0 Å². The summed E-state index contributed by atoms with van der Waals surface area (Å²) in [6.45, 7) is 3.62. The number of piperidine rings is 1. The molecule has 0 aliphatic carbocycles. The number of carbonyl (C=O) groups is 2. The number of nitrogens with zero attached hydrogens (tertiary/aromatic N) is 1. The molecular weight excluding hydrogens is 422 g/mol. The fourth-order valence-corrected chi connectivity index (χ4v) is 5.67. The molecule has 9 heteroatoms. The first kappa shape index (κ1) is 20.7. The van der Waals surface area contributed by atoms with Crippen molar-refractivity contribution in [2.45, 2.75) is 56.0 Å². The summed E-state index contributed by atoms with van der Waals surface area (Å²) in [6, 6.07) is 11.2. The first-order valence-electron chi connectivity index (χ1n) is 11.6. The Morgan fingerprint density at radius 1 is 1.09 bits per heavy atom. The summed E-state index contributed by atoms with van der Waals surface area (Å²) in [5.41, 5.74) is 6.91. The maximum Gasteiger partial charge on any atom is 0.255 e. The number of anilines is 1. The van der Waals surface area contributed by atoms with Crippen molar-refractivity contribution < 1.29 is 18.7 Å². The van der Waals surface area contributed by atoms with Crippen molar-refractivity contribution in [1.29, 1.82) is 0 Å². The number of ether oxygens (including phenoxy) is 1. The summed E-state index contributed by atoms with van der Waals surface area (Å²) < 4.78 is 12.0. The van der Waals surface area contributed by atoms with Gasteiger partial charge < -0.3 is 24.7 Å². The van der Waals surface area contributed by atoms with E-state index >= 15 is 0 Å². The molecular formula is C24H29N5O4. The fourth-order valence-electron chi connectivity index (χ4n) is 5.67. The minimum absolute atomic E-state index is 0.00864. The van der Waals surface area contributed by atoms with E-state index in [9.17, 15) is 9.59 Å². The summed E-state index contributed by atoms with van der Waals surface area (Å²) in [5, 5.41) is 6.65. The third-order valence-electron chi connectivity index (χ3n) is 7.44. The maximum absolute atomic E-state index is 13.1. The monoisotopic (exact) mass is 451 g/mol. The minimum Gasteiger partial charge on any atom is -0.465 e. The van der Waals surface area contributed by atoms with Crippen LogP contribution in [0.4, 0.5) is 5.69 Å². The van der Waals surface area contributed by atoms with Crippen LogP contribution in [0.25, 0.3) is 0 Å². The molecule has 4 N–H and O–H groups in total. The molecule has 3 fully saturated rings. The number of hydrogen-bond donors (Lipinski definition) is 4. The summed E-state index contributed by atoms with van der Waals surface area (Å²) in [6.07, 6.45) is 2.84. The first-order valence-corrected chi connectivity index (χ1v) is 11.6. The number of benzene rings is 1. The highest BCUT2D eigenvalue weighted by Gasteiger charge is 2.53. The van der Waals surface area contributed by atoms with Gasteiger partial charge in [0.2, 0.25) is 5.91 Å². The molecule has 0 radical (unpaired) electrons. The second kappa shape index (κ2) is 7.58. The lowest BCUT2D eigenvalue weighted by Gasteiger charge is -2.41. The van der Waals surface area contributed by atoms with Crippen molar-refractivity contribution in [3.8, 4) is 0 Å². The molecule has 4 aliphatic rings. The van der Waals surface area contributed by atoms with Crippen molar-refractivity contribution in [2.75, 3.05) is 25.0 Å². The van der Waals surface area contributed by atoms with Gasteiger partial charge in [-0.25, -0.2) is 10.9 Å². The zero-order valence-electron chi connectivity index (χ0n) is 18.6. The predicted octanol–water partition coefficient (Wildman–Crippen LogP) is 1.83. The highest BCUT2D eigenvalue weighted by molar-refractivity contribution is 6.02. The number of aryl methyl sites for hydroxylation is 1. The molecule has 0 bridgehead atoms. The molecule has 5 heterocycles. The van der Waals surface area contributed by atoms with Gasteiger partial charge in [0.1, 0.15) is 23.2 Å². The Morgan fingerprint density at radius 2 is 1.91 bits per heavy atom. The standard InChI is InChI=1S/C24H29N5O4/c1-15-6-7-20(33-15)18-12-19(28-27-18)22(31)29-10-8-23(9-11-29)13-24(14-32-23)25-17-5-3-2-4-16(17)21(30)26-24/h2-7,18-19,25,27-28H,8-14H2,1H3,(H,26,30). The van der Waals surface area contributed by atoms with Gasteiger partial charge in [-0.15, -0.1) is 0 Å². The van der Waals surface area contributed by atoms with Crippen LogP contribution in [0.2, 0.25) is 0 Å². The number of amides is 2. The number of furan rings is 1. The quantitative estimate of drug-likeness (QED) is 0.552. The number of nitrogens with one attached hydrogen (secondary N) is 4. The van der Waals surface area contributed by atoms with Gasteiger partial charge >= 0.3 is 0 Å². The zero-order chi connectivity index (χ0) is 22.6. The van der Waals surface area contributed by atoms with Crippen molar-refractivity contribution >= 4 is 17.5 Å². The fraction of sp³-hybridized carbons (Fsp3) is 0.500. The summed E-state index contributed by atoms with van der Waals surface area (Å²) in [7, 11) is 0. The number of fused-ring (bicyclic) bond motifs is 1. The van der Waals surface area contributed by atoms with Crippen LogP contribution in [0, 0.1) is 6.92 Å². The summed E-state index contributed by atoms with van der Waals surface area (Å²) in [4.78, 5) is 27.7. The molecule has 0 saturated carbocycles. The lowest BCUT2D eigenvalue weighted by atomic mass is 9.84. The predicted molar refractivity (Wildman–Crippen MR) is 120 cm³/mol. The molecule has 3 atom stereocenters. The topological polar surface area (TPSA) is 108 Å². The lowest BCUT2D eigenvalue weighted by Crippen LogP contribution is -2.59. The van der Waals surface area contributed by atoms with E-state index in [0.29, 0.717) is 38.1 Å². The van der Waals surface area contributed by atoms with Crippen LogP contribution < -0.4 is 21.5 Å². The van der Waals surface area contributed by atoms with Crippen molar-refractivity contribution in [3.63, 3.8) is 0 Å². The average molecular weight is 452 g/mol. The first-order chi connectivity index (χ1) is 15.9. The molecule has 3 saturated heterocycles. The van der Waals surface area contributed by atoms with Crippen molar-refractivity contribution in [1.82, 2.24) is 21.1 Å². The van der Waals surface area contributed by atoms with Crippen molar-refractivity contribution in [3.05, 3.63) is 53.5 Å². The van der Waals surface area contributed by atoms with Gasteiger partial charge in [-0.2, -0.15) is 0 Å². The Balaban J connectivity index is 1.07. The van der Waals surface area contributed by atoms with Gasteiger partial charge in [-0.1, -0.05) is 12.1 Å². The number of likely N-dealkylation sites (tertiary alicyclic amines) is 1. The van der Waals surface area contributed by atoms with Crippen LogP contribution in [0.15, 0.2) is 40.8 Å². The van der Waals surface area contributed by atoms with Gasteiger partial charge in [0.25, 0.3) is 5.91 Å². The van der Waals surface area contributed by atoms with Crippen LogP contribution in [0.3, 0.4) is 0 Å². The smallest absolute Gasteiger partial charge is 0.255 e. The van der Waals surface area contributed by atoms with Crippen LogP contribution >= 0.6 is 0 Å². The van der Waals surface area contributed by atoms with E-state index in [2.05, 4.69) is 21.5 Å². The van der Waals surface area contributed by atoms with Gasteiger partial charge in [0.05, 0.1) is 23.8 Å². The molecule has 2 aromatic rings. The zero-order valence-corrected chi connectivity index (χ0v) is 18.6. The molecule has 6 rings (SSSR count). The van der Waals surface area contributed by atoms with E-state index in [4.69, 9.17) is 9.15 Å². The van der Waals surface area contributed by atoms with Crippen LogP contribution in [0.1, 0.15) is 53.6 Å². The van der Waals surface area contributed by atoms with E-state index in [0.717, 1.165) is 30.0 Å². The number of carbonyl (C=O) groups excluding carboxylic acids is 2. The minimum atomic E-state index is -0.594. The lowest BCUT2D eigenvalue weighted by molar-refractivity contribution is -0.138. The Morgan fingerprint density at radius 3 is 2.70 bits per heavy atom. The van der Waals surface area contributed by atoms with Gasteiger partial charge in [-0.3, -0.25) is 9.59 Å². The molecule has 2 amide bonds. The number of hydrogen-bond acceptors (Lipinski definition) is 7. The van der Waals surface area contributed by atoms with Gasteiger partial charge in [0, 0.05) is 25.2 Å². The number of hydrazine groups is 1. The van der Waals surface area contributed by atoms with Crippen molar-refractivity contribution in [2.24, 2.45) is 0 Å². The molecule has 9 nitrogen and oxygen atoms in total. The molecule has 1 aromatic carbocycles. The molecule has 174 valence electrons. The summed E-state index contributed by atoms with van der Waals surface area (Å²) >= 11 is 0. The largest absolute Gasteiger partial charge is 0.465 e. The van der Waals surface area contributed by atoms with Crippen LogP contribution in [-0.2, 0) is 9.53 Å².